The van der Waals surface area contributed by atoms with Gasteiger partial charge in [-0.1, -0.05) is 0 Å². The van der Waals surface area contributed by atoms with Gasteiger partial charge in [0.2, 0.25) is 0 Å². The number of hydrogen-bond donors (Lipinski definition) is 1. The van der Waals surface area contributed by atoms with Crippen molar-refractivity contribution in [3.05, 3.63) is 7.05 Å². The van der Waals surface area contributed by atoms with Crippen LogP contribution in [0.25, 0.3) is 0 Å². The monoisotopic (exact) mass is 240 g/mol. The fourth-order valence-electron chi connectivity index (χ4n) is 2.95. The van der Waals surface area contributed by atoms with Gasteiger partial charge in [-0.15, -0.1) is 0 Å². The maximum atomic E-state index is 12.1. The summed E-state index contributed by atoms with van der Waals surface area (Å²) in [5, 5.41) is 0. The lowest BCUT2D eigenvalue weighted by molar-refractivity contribution is -0.842. The largest absolute Gasteiger partial charge is 0.466 e. The number of amides is 1. The van der Waals surface area contributed by atoms with E-state index in [0.717, 1.165) is 26.1 Å². The van der Waals surface area contributed by atoms with Gasteiger partial charge in [0, 0.05) is 12.5 Å². The predicted molar refractivity (Wildman–Crippen MR) is 65.5 cm³/mol. The number of quaternary nitrogens is 1. The van der Waals surface area contributed by atoms with Crippen LogP contribution in [0, 0.1) is 13.0 Å². The number of nitrogens with zero attached hydrogens (tertiary/aromatic N) is 1. The Labute approximate surface area is 104 Å². The number of rotatable bonds is 0. The molecule has 17 heavy (non-hydrogen) atoms. The van der Waals surface area contributed by atoms with E-state index in [1.54, 1.807) is 0 Å². The molecule has 1 N–H and O–H groups in total. The van der Waals surface area contributed by atoms with Crippen LogP contribution in [0.4, 0.5) is 4.79 Å². The van der Waals surface area contributed by atoms with Crippen molar-refractivity contribution in [2.75, 3.05) is 19.6 Å². The van der Waals surface area contributed by atoms with Gasteiger partial charge in [0.1, 0.15) is 5.60 Å². The smallest absolute Gasteiger partial charge is 0.410 e. The van der Waals surface area contributed by atoms with E-state index in [-0.39, 0.29) is 6.09 Å². The molecular weight excluding hydrogens is 216 g/mol. The van der Waals surface area contributed by atoms with Crippen LogP contribution in [0.2, 0.25) is 0 Å². The second kappa shape index (κ2) is 4.48. The molecule has 0 aromatic rings. The number of nitrogens with one attached hydrogen (secondary N) is 1. The molecule has 0 radical (unpaired) electrons. The molecule has 0 spiro atoms. The zero-order chi connectivity index (χ0) is 12.6. The summed E-state index contributed by atoms with van der Waals surface area (Å²) in [7, 11) is 4.07. The number of ether oxygens (including phenoxy) is 1. The van der Waals surface area contributed by atoms with Crippen LogP contribution in [0.5, 0.6) is 0 Å². The van der Waals surface area contributed by atoms with Gasteiger partial charge in [-0.2, -0.15) is 7.05 Å². The summed E-state index contributed by atoms with van der Waals surface area (Å²) in [6, 6.07) is 0.339. The Morgan fingerprint density at radius 1 is 1.41 bits per heavy atom. The van der Waals surface area contributed by atoms with E-state index in [4.69, 9.17) is 4.74 Å². The van der Waals surface area contributed by atoms with E-state index >= 15 is 0 Å². The molecular formula is C13H24N2O2. The number of hydrogen-bond acceptors (Lipinski definition) is 2. The Morgan fingerprint density at radius 3 is 2.76 bits per heavy atom. The first-order chi connectivity index (χ1) is 7.87. The molecule has 0 aliphatic carbocycles. The van der Waals surface area contributed by atoms with Crippen molar-refractivity contribution in [2.24, 2.45) is 5.92 Å². The van der Waals surface area contributed by atoms with Crippen LogP contribution >= 0.6 is 0 Å². The van der Waals surface area contributed by atoms with Gasteiger partial charge in [0.25, 0.3) is 0 Å². The Balaban J connectivity index is 2.02. The van der Waals surface area contributed by atoms with Crippen molar-refractivity contribution in [1.29, 1.82) is 0 Å². The second-order valence-corrected chi connectivity index (χ2v) is 6.30. The molecule has 2 aliphatic heterocycles. The van der Waals surface area contributed by atoms with Crippen LogP contribution in [0.1, 0.15) is 33.6 Å². The maximum absolute atomic E-state index is 12.1. The Bertz CT molecular complexity index is 298. The van der Waals surface area contributed by atoms with E-state index in [1.807, 2.05) is 25.7 Å². The lowest BCUT2D eigenvalue weighted by Gasteiger charge is -2.36. The van der Waals surface area contributed by atoms with Crippen LogP contribution in [0.3, 0.4) is 0 Å². The second-order valence-electron chi connectivity index (χ2n) is 6.30. The topological polar surface area (TPSA) is 34.0 Å². The third kappa shape index (κ3) is 2.92. The fraction of sp³-hybridized carbons (Fsp3) is 0.846. The molecule has 2 saturated heterocycles. The fourth-order valence-corrected chi connectivity index (χ4v) is 2.95. The van der Waals surface area contributed by atoms with Crippen molar-refractivity contribution in [1.82, 2.24) is 4.90 Å². The standard InChI is InChI=1S/C13H24N2O2/c1-13(2,3)17-12(16)15-7-5-6-10-8-14(4)9-11(10)15/h10-11,14H,4-9H2,1-3H3/t10-,11+/m1/s1. The molecule has 0 bridgehead atoms. The quantitative estimate of drug-likeness (QED) is 0.632. The van der Waals surface area contributed by atoms with Gasteiger partial charge in [-0.25, -0.2) is 4.79 Å². The van der Waals surface area contributed by atoms with Gasteiger partial charge in [0.15, 0.2) is 0 Å². The Hall–Kier alpha value is -0.770. The molecule has 2 rings (SSSR count). The van der Waals surface area contributed by atoms with Crippen molar-refractivity contribution in [3.63, 3.8) is 0 Å². The highest BCUT2D eigenvalue weighted by atomic mass is 16.6. The lowest BCUT2D eigenvalue weighted by atomic mass is 9.92. The summed E-state index contributed by atoms with van der Waals surface area (Å²) in [4.78, 5) is 15.4. The lowest BCUT2D eigenvalue weighted by Crippen LogP contribution is -3.05. The minimum Gasteiger partial charge on any atom is -0.466 e. The van der Waals surface area contributed by atoms with Crippen molar-refractivity contribution in [3.8, 4) is 0 Å². The molecule has 2 heterocycles. The molecule has 0 aromatic heterocycles. The summed E-state index contributed by atoms with van der Waals surface area (Å²) >= 11 is 0. The zero-order valence-corrected chi connectivity index (χ0v) is 11.2. The van der Waals surface area contributed by atoms with E-state index in [2.05, 4.69) is 7.05 Å². The summed E-state index contributed by atoms with van der Waals surface area (Å²) in [5.41, 5.74) is -0.403. The molecule has 1 amide bonds. The van der Waals surface area contributed by atoms with E-state index in [1.165, 1.54) is 11.3 Å². The van der Waals surface area contributed by atoms with Crippen LogP contribution in [0.15, 0.2) is 0 Å². The molecule has 3 atom stereocenters. The average Bonchev–Trinajstić information content (AvgIpc) is 2.54. The zero-order valence-electron chi connectivity index (χ0n) is 11.2. The minimum absolute atomic E-state index is 0.151. The normalized spacial score (nSPS) is 33.4. The van der Waals surface area contributed by atoms with E-state index in [0.29, 0.717) is 12.0 Å². The number of piperidine rings is 1. The van der Waals surface area contributed by atoms with Crippen LogP contribution < -0.4 is 4.90 Å². The molecule has 0 saturated carbocycles. The molecule has 4 heteroatoms. The molecule has 2 fully saturated rings. The third-order valence-electron chi connectivity index (χ3n) is 3.60. The highest BCUT2D eigenvalue weighted by molar-refractivity contribution is 5.68. The third-order valence-corrected chi connectivity index (χ3v) is 3.60. The molecule has 1 unspecified atom stereocenters. The van der Waals surface area contributed by atoms with Crippen molar-refractivity contribution >= 4 is 6.09 Å². The highest BCUT2D eigenvalue weighted by Gasteiger charge is 2.42. The van der Waals surface area contributed by atoms with Crippen LogP contribution in [-0.2, 0) is 4.74 Å². The van der Waals surface area contributed by atoms with Gasteiger partial charge >= 0.3 is 6.09 Å². The summed E-state index contributed by atoms with van der Waals surface area (Å²) < 4.78 is 5.48. The minimum atomic E-state index is -0.403. The number of carbonyl (C=O) groups excluding carboxylic acids is 1. The van der Waals surface area contributed by atoms with Gasteiger partial charge in [-0.3, -0.25) is 4.90 Å². The van der Waals surface area contributed by atoms with E-state index in [9.17, 15) is 4.79 Å². The molecule has 98 valence electrons. The first-order valence-corrected chi connectivity index (χ1v) is 6.53. The summed E-state index contributed by atoms with van der Waals surface area (Å²) in [6.45, 7) is 8.64. The highest BCUT2D eigenvalue weighted by Crippen LogP contribution is 2.26. The first kappa shape index (κ1) is 12.7. The molecule has 2 aliphatic rings. The average molecular weight is 240 g/mol. The van der Waals surface area contributed by atoms with Gasteiger partial charge in [-0.05, 0) is 33.6 Å². The first-order valence-electron chi connectivity index (χ1n) is 6.53. The van der Waals surface area contributed by atoms with Crippen LogP contribution in [-0.4, -0.2) is 42.3 Å². The predicted octanol–water partition coefficient (Wildman–Crippen LogP) is 0.692. The summed E-state index contributed by atoms with van der Waals surface area (Å²) in [6.07, 6.45) is 2.17. The van der Waals surface area contributed by atoms with Gasteiger partial charge in [0.05, 0.1) is 19.1 Å². The molecule has 0 aromatic carbocycles. The Morgan fingerprint density at radius 2 is 2.12 bits per heavy atom. The summed E-state index contributed by atoms with van der Waals surface area (Å²) in [5.74, 6) is 0.615. The van der Waals surface area contributed by atoms with Gasteiger partial charge < -0.3 is 9.64 Å². The number of carbonyl (C=O) groups is 1. The van der Waals surface area contributed by atoms with E-state index < -0.39 is 5.60 Å². The molecule has 4 nitrogen and oxygen atoms in total. The maximum Gasteiger partial charge on any atom is 0.410 e. The number of fused-ring (bicyclic) bond motifs is 1. The SMILES string of the molecule is [CH2-][NH+]1C[C@H]2CCCN(C(=O)OC(C)(C)C)[C@H]2C1. The van der Waals surface area contributed by atoms with Crippen molar-refractivity contribution in [2.45, 2.75) is 45.3 Å². The Kier molecular flexibility index (Phi) is 3.34. The van der Waals surface area contributed by atoms with Crippen molar-refractivity contribution < 1.29 is 14.4 Å². The number of likely N-dealkylation sites (tertiary alicyclic amines) is 2.